The molecule has 0 spiro atoms. The number of nitrogens with zero attached hydrogens (tertiary/aromatic N) is 1. The first-order valence-electron chi connectivity index (χ1n) is 8.04. The van der Waals surface area contributed by atoms with Crippen LogP contribution < -0.4 is 20.9 Å². The Morgan fingerprint density at radius 3 is 2.52 bits per heavy atom. The monoisotopic (exact) mass is 380 g/mol. The number of rotatable bonds is 4. The highest BCUT2D eigenvalue weighted by atomic mass is 32.1. The van der Waals surface area contributed by atoms with E-state index in [-0.39, 0.29) is 11.7 Å². The van der Waals surface area contributed by atoms with Gasteiger partial charge in [0.15, 0.2) is 11.7 Å². The van der Waals surface area contributed by atoms with Crippen LogP contribution in [0.3, 0.4) is 0 Å². The molecule has 1 heterocycles. The Morgan fingerprint density at radius 2 is 1.70 bits per heavy atom. The quantitative estimate of drug-likeness (QED) is 0.473. The first-order chi connectivity index (χ1) is 13.1. The highest BCUT2D eigenvalue weighted by Crippen LogP contribution is 2.24. The molecule has 136 valence electrons. The molecule has 0 fully saturated rings. The summed E-state index contributed by atoms with van der Waals surface area (Å²) in [6, 6.07) is 16.4. The van der Waals surface area contributed by atoms with Gasteiger partial charge in [-0.1, -0.05) is 36.4 Å². The van der Waals surface area contributed by atoms with E-state index in [2.05, 4.69) is 21.2 Å². The third kappa shape index (κ3) is 4.99. The van der Waals surface area contributed by atoms with E-state index in [9.17, 15) is 9.59 Å². The van der Waals surface area contributed by atoms with E-state index in [0.29, 0.717) is 11.3 Å². The van der Waals surface area contributed by atoms with Gasteiger partial charge in [0, 0.05) is 23.3 Å². The Morgan fingerprint density at radius 1 is 0.963 bits per heavy atom. The number of nitrogens with one attached hydrogen (secondary N) is 3. The highest BCUT2D eigenvalue weighted by Gasteiger charge is 2.09. The molecule has 3 rings (SSSR count). The van der Waals surface area contributed by atoms with Gasteiger partial charge < -0.3 is 4.74 Å². The minimum atomic E-state index is -0.446. The van der Waals surface area contributed by atoms with Crippen molar-refractivity contribution in [1.29, 1.82) is 0 Å². The molecule has 2 aromatic carbocycles. The van der Waals surface area contributed by atoms with Crippen LogP contribution in [0.5, 0.6) is 5.75 Å². The molecule has 0 radical (unpaired) electrons. The van der Waals surface area contributed by atoms with Crippen molar-refractivity contribution in [3.63, 3.8) is 0 Å². The van der Waals surface area contributed by atoms with E-state index in [1.807, 2.05) is 36.4 Å². The average molecular weight is 380 g/mol. The maximum absolute atomic E-state index is 12.0. The molecule has 0 bridgehead atoms. The summed E-state index contributed by atoms with van der Waals surface area (Å²) < 4.78 is 5.58. The molecular weight excluding hydrogens is 364 g/mol. The zero-order valence-corrected chi connectivity index (χ0v) is 15.0. The lowest BCUT2D eigenvalue weighted by Crippen LogP contribution is -2.49. The van der Waals surface area contributed by atoms with Gasteiger partial charge in [-0.15, -0.1) is 0 Å². The molecule has 1 aromatic heterocycles. The minimum Gasteiger partial charge on any atom is -0.483 e. The van der Waals surface area contributed by atoms with Crippen molar-refractivity contribution in [1.82, 2.24) is 21.2 Å². The van der Waals surface area contributed by atoms with Gasteiger partial charge in [0.2, 0.25) is 0 Å². The summed E-state index contributed by atoms with van der Waals surface area (Å²) >= 11 is 4.98. The van der Waals surface area contributed by atoms with Crippen molar-refractivity contribution in [3.05, 3.63) is 72.6 Å². The topological polar surface area (TPSA) is 92.4 Å². The summed E-state index contributed by atoms with van der Waals surface area (Å²) in [6.45, 7) is -0.214. The molecule has 27 heavy (non-hydrogen) atoms. The zero-order valence-electron chi connectivity index (χ0n) is 14.1. The van der Waals surface area contributed by atoms with Gasteiger partial charge >= 0.3 is 0 Å². The first-order valence-corrected chi connectivity index (χ1v) is 8.45. The van der Waals surface area contributed by atoms with Crippen LogP contribution >= 0.6 is 12.2 Å². The Kier molecular flexibility index (Phi) is 5.91. The molecule has 0 aliphatic heterocycles. The summed E-state index contributed by atoms with van der Waals surface area (Å²) in [4.78, 5) is 27.7. The molecular formula is C19H16N4O3S. The second kappa shape index (κ2) is 8.72. The van der Waals surface area contributed by atoms with Crippen LogP contribution in [0, 0.1) is 0 Å². The summed E-state index contributed by atoms with van der Waals surface area (Å²) in [5, 5.41) is 4.33. The van der Waals surface area contributed by atoms with E-state index in [1.165, 1.54) is 12.4 Å². The van der Waals surface area contributed by atoms with Crippen molar-refractivity contribution < 1.29 is 14.3 Å². The molecule has 0 unspecified atom stereocenters. The van der Waals surface area contributed by atoms with Crippen LogP contribution in [0.1, 0.15) is 10.4 Å². The summed E-state index contributed by atoms with van der Waals surface area (Å²) in [5.41, 5.74) is 5.26. The third-order valence-corrected chi connectivity index (χ3v) is 3.80. The van der Waals surface area contributed by atoms with Gasteiger partial charge in [-0.3, -0.25) is 30.7 Å². The smallest absolute Gasteiger partial charge is 0.269 e. The summed E-state index contributed by atoms with van der Waals surface area (Å²) in [5.74, 6) is -0.243. The number of benzene rings is 2. The number of aromatic nitrogens is 1. The lowest BCUT2D eigenvalue weighted by Gasteiger charge is -2.12. The minimum absolute atomic E-state index is 0.0380. The third-order valence-electron chi connectivity index (χ3n) is 3.59. The van der Waals surface area contributed by atoms with Gasteiger partial charge in [0.25, 0.3) is 11.8 Å². The van der Waals surface area contributed by atoms with Gasteiger partial charge in [-0.2, -0.15) is 0 Å². The number of hydrogen-bond donors (Lipinski definition) is 3. The molecule has 0 atom stereocenters. The Labute approximate surface area is 160 Å². The Balaban J connectivity index is 1.47. The largest absolute Gasteiger partial charge is 0.483 e. The Hall–Kier alpha value is -3.52. The van der Waals surface area contributed by atoms with E-state index < -0.39 is 11.8 Å². The SMILES string of the molecule is O=C(COc1cccc2ccccc12)NC(=S)NNC(=O)c1ccncc1. The average Bonchev–Trinajstić information content (AvgIpc) is 2.71. The fourth-order valence-corrected chi connectivity index (χ4v) is 2.51. The molecule has 3 aromatic rings. The normalized spacial score (nSPS) is 10.1. The van der Waals surface area contributed by atoms with Crippen LogP contribution in [-0.4, -0.2) is 28.5 Å². The van der Waals surface area contributed by atoms with Crippen LogP contribution in [-0.2, 0) is 4.79 Å². The van der Waals surface area contributed by atoms with Crippen molar-refractivity contribution in [2.45, 2.75) is 0 Å². The number of hydrogen-bond acceptors (Lipinski definition) is 5. The van der Waals surface area contributed by atoms with Crippen molar-refractivity contribution in [3.8, 4) is 5.75 Å². The van der Waals surface area contributed by atoms with Crippen LogP contribution in [0.2, 0.25) is 0 Å². The maximum atomic E-state index is 12.0. The number of carbonyl (C=O) groups is 2. The van der Waals surface area contributed by atoms with Gasteiger partial charge in [0.1, 0.15) is 5.75 Å². The molecule has 0 aliphatic rings. The number of hydrazine groups is 1. The van der Waals surface area contributed by atoms with Crippen LogP contribution in [0.4, 0.5) is 0 Å². The predicted molar refractivity (Wildman–Crippen MR) is 105 cm³/mol. The Bertz CT molecular complexity index is 974. The number of pyridine rings is 1. The number of amides is 2. The molecule has 7 nitrogen and oxygen atoms in total. The molecule has 2 amide bonds. The molecule has 8 heteroatoms. The van der Waals surface area contributed by atoms with Crippen molar-refractivity contribution in [2.24, 2.45) is 0 Å². The highest BCUT2D eigenvalue weighted by molar-refractivity contribution is 7.80. The summed E-state index contributed by atoms with van der Waals surface area (Å²) in [7, 11) is 0. The lowest BCUT2D eigenvalue weighted by atomic mass is 10.1. The van der Waals surface area contributed by atoms with Gasteiger partial charge in [-0.05, 0) is 35.8 Å². The van der Waals surface area contributed by atoms with Gasteiger partial charge in [-0.25, -0.2) is 0 Å². The predicted octanol–water partition coefficient (Wildman–Crippen LogP) is 1.95. The van der Waals surface area contributed by atoms with E-state index in [1.54, 1.807) is 18.2 Å². The fourth-order valence-electron chi connectivity index (χ4n) is 2.35. The van der Waals surface area contributed by atoms with Crippen molar-refractivity contribution in [2.75, 3.05) is 6.61 Å². The van der Waals surface area contributed by atoms with E-state index in [0.717, 1.165) is 10.8 Å². The molecule has 0 saturated carbocycles. The zero-order chi connectivity index (χ0) is 19.1. The molecule has 0 aliphatic carbocycles. The van der Waals surface area contributed by atoms with Crippen LogP contribution in [0.25, 0.3) is 10.8 Å². The molecule has 0 saturated heterocycles. The summed E-state index contributed by atoms with van der Waals surface area (Å²) in [6.07, 6.45) is 3.00. The van der Waals surface area contributed by atoms with Gasteiger partial charge in [0.05, 0.1) is 0 Å². The first kappa shape index (κ1) is 18.3. The number of fused-ring (bicyclic) bond motifs is 1. The van der Waals surface area contributed by atoms with Crippen LogP contribution in [0.15, 0.2) is 67.0 Å². The number of ether oxygens (including phenoxy) is 1. The number of thiocarbonyl (C=S) groups is 1. The fraction of sp³-hybridized carbons (Fsp3) is 0.0526. The van der Waals surface area contributed by atoms with Crippen molar-refractivity contribution >= 4 is 39.9 Å². The lowest BCUT2D eigenvalue weighted by molar-refractivity contribution is -0.121. The maximum Gasteiger partial charge on any atom is 0.269 e. The number of carbonyl (C=O) groups excluding carboxylic acids is 2. The second-order valence-electron chi connectivity index (χ2n) is 5.46. The molecule has 3 N–H and O–H groups in total. The van der Waals surface area contributed by atoms with E-state index in [4.69, 9.17) is 17.0 Å². The van der Waals surface area contributed by atoms with E-state index >= 15 is 0 Å². The standard InChI is InChI=1S/C19H16N4O3S/c24-17(12-26-16-7-3-5-13-4-1-2-6-15(13)16)21-19(27)23-22-18(25)14-8-10-20-11-9-14/h1-11H,12H2,(H,22,25)(H2,21,23,24,27). The second-order valence-corrected chi connectivity index (χ2v) is 5.87.